The number of ether oxygens (including phenoxy) is 4. The van der Waals surface area contributed by atoms with E-state index in [0.29, 0.717) is 42.7 Å². The van der Waals surface area contributed by atoms with Gasteiger partial charge in [0, 0.05) is 54.1 Å². The van der Waals surface area contributed by atoms with E-state index in [0.717, 1.165) is 76.1 Å². The van der Waals surface area contributed by atoms with Crippen molar-refractivity contribution in [3.05, 3.63) is 96.3 Å². The molecule has 0 radical (unpaired) electrons. The largest absolute Gasteiger partial charge is 0.497 e. The van der Waals surface area contributed by atoms with E-state index in [1.54, 1.807) is 14.2 Å². The number of nitrogens with zero attached hydrogens (tertiary/aromatic N) is 6. The lowest BCUT2D eigenvalue weighted by atomic mass is 9.74. The molecule has 0 amide bonds. The second-order valence-electron chi connectivity index (χ2n) is 17.6. The maximum Gasteiger partial charge on any atom is 0.241 e. The van der Waals surface area contributed by atoms with Crippen molar-refractivity contribution < 1.29 is 18.9 Å². The smallest absolute Gasteiger partial charge is 0.241 e. The average Bonchev–Trinajstić information content (AvgIpc) is 3.31. The number of benzene rings is 3. The average molecular weight is 951 g/mol. The first-order chi connectivity index (χ1) is 30.2. The molecule has 2 aliphatic heterocycles. The molecule has 0 spiro atoms. The van der Waals surface area contributed by atoms with E-state index in [-0.39, 0.29) is 21.9 Å². The minimum atomic E-state index is 0.0110. The normalized spacial score (nSPS) is 22.7. The summed E-state index contributed by atoms with van der Waals surface area (Å²) < 4.78 is 25.3. The van der Waals surface area contributed by atoms with Gasteiger partial charge in [-0.25, -0.2) is 0 Å². The highest BCUT2D eigenvalue weighted by molar-refractivity contribution is 14.1. The number of fused-ring (bicyclic) bond motifs is 3. The molecule has 0 aliphatic carbocycles. The van der Waals surface area contributed by atoms with E-state index in [4.69, 9.17) is 39.1 Å². The number of halogens is 1. The molecule has 10 nitrogen and oxygen atoms in total. The predicted octanol–water partition coefficient (Wildman–Crippen LogP) is 11.0. The zero-order chi connectivity index (χ0) is 43.3. The fourth-order valence-electron chi connectivity index (χ4n) is 10.5. The van der Waals surface area contributed by atoms with Crippen LogP contribution < -0.4 is 18.9 Å². The Morgan fingerprint density at radius 3 is 1.87 bits per heavy atom. The third kappa shape index (κ3) is 9.17. The number of rotatable bonds is 16. The molecule has 4 unspecified atom stereocenters. The minimum Gasteiger partial charge on any atom is -0.497 e. The maximum atomic E-state index is 6.90. The minimum absolute atomic E-state index is 0.0110. The van der Waals surface area contributed by atoms with Crippen LogP contribution in [0, 0.1) is 23.7 Å². The van der Waals surface area contributed by atoms with Crippen LogP contribution in [0.25, 0.3) is 32.6 Å². The zero-order valence-corrected chi connectivity index (χ0v) is 39.6. The molecule has 2 aliphatic rings. The van der Waals surface area contributed by atoms with Crippen LogP contribution in [0.5, 0.6) is 23.3 Å². The monoisotopic (exact) mass is 950 g/mol. The second kappa shape index (κ2) is 20.0. The Kier molecular flexibility index (Phi) is 14.3. The van der Waals surface area contributed by atoms with Crippen molar-refractivity contribution in [2.75, 3.05) is 54.1 Å². The van der Waals surface area contributed by atoms with Crippen LogP contribution in [0.3, 0.4) is 0 Å². The van der Waals surface area contributed by atoms with Gasteiger partial charge in [-0.2, -0.15) is 0 Å². The molecule has 6 aromatic rings. The van der Waals surface area contributed by atoms with Gasteiger partial charge in [0.2, 0.25) is 11.8 Å². The number of hydrogen-bond acceptors (Lipinski definition) is 10. The van der Waals surface area contributed by atoms with Gasteiger partial charge >= 0.3 is 0 Å². The Morgan fingerprint density at radius 2 is 1.27 bits per heavy atom. The second-order valence-corrected chi connectivity index (χ2v) is 18.9. The number of alkyl halides is 1. The lowest BCUT2D eigenvalue weighted by Gasteiger charge is -2.45. The van der Waals surface area contributed by atoms with Gasteiger partial charge in [-0.05, 0) is 122 Å². The first-order valence-electron chi connectivity index (χ1n) is 22.7. The summed E-state index contributed by atoms with van der Waals surface area (Å²) in [6.07, 6.45) is 9.67. The summed E-state index contributed by atoms with van der Waals surface area (Å²) in [5.41, 5.74) is 4.28. The van der Waals surface area contributed by atoms with Crippen LogP contribution >= 0.6 is 22.6 Å². The van der Waals surface area contributed by atoms with Crippen molar-refractivity contribution in [3.63, 3.8) is 0 Å². The van der Waals surface area contributed by atoms with Crippen LogP contribution in [-0.4, -0.2) is 94.2 Å². The summed E-state index contributed by atoms with van der Waals surface area (Å²) in [4.78, 5) is 14.7. The predicted molar refractivity (Wildman–Crippen MR) is 258 cm³/mol. The Balaban J connectivity index is 1.12. The summed E-state index contributed by atoms with van der Waals surface area (Å²) in [5, 5.41) is 13.5. The third-order valence-electron chi connectivity index (χ3n) is 14.3. The Labute approximate surface area is 381 Å². The van der Waals surface area contributed by atoms with Crippen molar-refractivity contribution in [1.29, 1.82) is 0 Å². The molecule has 0 N–H and O–H groups in total. The molecule has 62 heavy (non-hydrogen) atoms. The van der Waals surface area contributed by atoms with Gasteiger partial charge in [0.1, 0.15) is 11.5 Å². The molecule has 11 heteroatoms. The molecule has 8 rings (SSSR count). The van der Waals surface area contributed by atoms with Gasteiger partial charge in [-0.1, -0.05) is 81.7 Å². The molecule has 2 saturated heterocycles. The molecule has 8 atom stereocenters. The first-order valence-corrected chi connectivity index (χ1v) is 23.9. The van der Waals surface area contributed by atoms with Gasteiger partial charge in [0.05, 0.1) is 53.3 Å². The van der Waals surface area contributed by atoms with Crippen molar-refractivity contribution in [1.82, 2.24) is 30.0 Å². The zero-order valence-electron chi connectivity index (χ0n) is 37.5. The highest BCUT2D eigenvalue weighted by Gasteiger charge is 2.38. The molecule has 3 aromatic heterocycles. The highest BCUT2D eigenvalue weighted by Crippen LogP contribution is 2.42. The molecule has 0 saturated carbocycles. The maximum absolute atomic E-state index is 6.90. The molecular formula is C51H63IN6O4. The first kappa shape index (κ1) is 44.3. The van der Waals surface area contributed by atoms with Crippen molar-refractivity contribution in [2.24, 2.45) is 23.7 Å². The highest BCUT2D eigenvalue weighted by atomic mass is 127. The number of likely N-dealkylation sites (tertiary alicyclic amines) is 2. The van der Waals surface area contributed by atoms with Crippen molar-refractivity contribution in [3.8, 4) is 23.3 Å². The standard InChI is InChI=1S/C51H63IN6O4/c1-8-33-25-48(57(5)28-35(33)10-3)44(38-19-22-53-46-17-15-36(59-6)26-42(38)46)30-61-50-40-13-11-12-14-41(40)51(56-55-50)62-31-45(49(52)58-24-21-32(4)34(9-2)29-58)39-20-23-54-47-18-16-37(60-7)27-43(39)47/h11-20,22-23,26-27,32-35,44-45,48-49H,8-10,21,24-25,28-31H2,1-7H3/t32?,33?,34?,35?,44-,45-,48+,49-/m1/s1. The van der Waals surface area contributed by atoms with Crippen LogP contribution in [0.1, 0.15) is 82.8 Å². The molecule has 2 fully saturated rings. The molecule has 3 aromatic carbocycles. The molecule has 5 heterocycles. The van der Waals surface area contributed by atoms with E-state index in [2.05, 4.69) is 104 Å². The van der Waals surface area contributed by atoms with E-state index in [9.17, 15) is 0 Å². The van der Waals surface area contributed by atoms with Gasteiger partial charge < -0.3 is 23.8 Å². The molecule has 0 bridgehead atoms. The summed E-state index contributed by atoms with van der Waals surface area (Å²) in [5.74, 6) is 5.40. The van der Waals surface area contributed by atoms with Gasteiger partial charge in [-0.3, -0.25) is 14.9 Å². The lowest BCUT2D eigenvalue weighted by molar-refractivity contribution is 0.0530. The van der Waals surface area contributed by atoms with Gasteiger partial charge in [-0.15, -0.1) is 10.2 Å². The fraction of sp³-hybridized carbons (Fsp3) is 0.490. The Hall–Kier alpha value is -4.33. The summed E-state index contributed by atoms with van der Waals surface area (Å²) in [6, 6.07) is 25.1. The van der Waals surface area contributed by atoms with E-state index < -0.39 is 0 Å². The molecule has 328 valence electrons. The quantitative estimate of drug-likeness (QED) is 0.0530. The third-order valence-corrected chi connectivity index (χ3v) is 16.0. The van der Waals surface area contributed by atoms with Gasteiger partial charge in [0.15, 0.2) is 0 Å². The number of pyridine rings is 2. The molecular weight excluding hydrogens is 888 g/mol. The Bertz CT molecular complexity index is 2450. The topological polar surface area (TPSA) is 95.0 Å². The van der Waals surface area contributed by atoms with Gasteiger partial charge in [0.25, 0.3) is 0 Å². The number of hydrogen-bond donors (Lipinski definition) is 0. The van der Waals surface area contributed by atoms with Crippen LogP contribution in [0.15, 0.2) is 85.2 Å². The van der Waals surface area contributed by atoms with Crippen LogP contribution in [0.4, 0.5) is 0 Å². The lowest BCUT2D eigenvalue weighted by Crippen LogP contribution is -2.48. The summed E-state index contributed by atoms with van der Waals surface area (Å²) in [7, 11) is 5.71. The number of likely N-dealkylation sites (N-methyl/N-ethyl adjacent to an activating group) is 1. The van der Waals surface area contributed by atoms with E-state index in [1.807, 2.05) is 48.8 Å². The van der Waals surface area contributed by atoms with Crippen molar-refractivity contribution in [2.45, 2.75) is 81.7 Å². The number of aromatic nitrogens is 4. The summed E-state index contributed by atoms with van der Waals surface area (Å²) >= 11 is 2.66. The van der Waals surface area contributed by atoms with Crippen molar-refractivity contribution >= 4 is 55.2 Å². The van der Waals surface area contributed by atoms with E-state index >= 15 is 0 Å². The fourth-order valence-corrected chi connectivity index (χ4v) is 11.6. The van der Waals surface area contributed by atoms with Crippen LogP contribution in [0.2, 0.25) is 0 Å². The number of methoxy groups -OCH3 is 2. The Morgan fingerprint density at radius 1 is 0.694 bits per heavy atom. The SMILES string of the molecule is CCC1CN([C@@H](I)[C@H](COc2nnc(OC[C@H](c3ccnc4ccc(OC)cc34)[C@@H]3CC(CC)C(CC)CN3C)c3ccccc23)c2ccnc3ccc(OC)cc23)CCC1C. The van der Waals surface area contributed by atoms with Crippen LogP contribution in [-0.2, 0) is 0 Å². The summed E-state index contributed by atoms with van der Waals surface area (Å²) in [6.45, 7) is 13.4. The van der Waals surface area contributed by atoms with E-state index in [1.165, 1.54) is 36.8 Å². The number of piperidine rings is 2.